The molecule has 0 atom stereocenters. The second-order valence-electron chi connectivity index (χ2n) is 5.95. The van der Waals surface area contributed by atoms with Crippen LogP contribution in [0.1, 0.15) is 38.5 Å². The van der Waals surface area contributed by atoms with Crippen molar-refractivity contribution in [1.82, 2.24) is 13.9 Å². The first-order valence-electron chi connectivity index (χ1n) is 7.75. The molecule has 0 aromatic rings. The Morgan fingerprint density at radius 2 is 1.67 bits per heavy atom. The van der Waals surface area contributed by atoms with E-state index in [4.69, 9.17) is 18.0 Å². The van der Waals surface area contributed by atoms with E-state index in [9.17, 15) is 8.42 Å². The molecule has 2 saturated heterocycles. The van der Waals surface area contributed by atoms with Crippen molar-refractivity contribution in [1.29, 1.82) is 0 Å². The highest BCUT2D eigenvalue weighted by Crippen LogP contribution is 2.15. The summed E-state index contributed by atoms with van der Waals surface area (Å²) in [6.07, 6.45) is 5.82. The fraction of sp³-hybridized carbons (Fsp3) is 0.923. The average molecular weight is 335 g/mol. The van der Waals surface area contributed by atoms with Gasteiger partial charge in [0.05, 0.1) is 4.99 Å². The van der Waals surface area contributed by atoms with Crippen molar-refractivity contribution in [2.24, 2.45) is 5.73 Å². The van der Waals surface area contributed by atoms with Gasteiger partial charge in [0.1, 0.15) is 0 Å². The first-order chi connectivity index (χ1) is 9.97. The Hall–Kier alpha value is -0.280. The van der Waals surface area contributed by atoms with Gasteiger partial charge in [-0.15, -0.1) is 0 Å². The molecular formula is C13H26N4O2S2. The van der Waals surface area contributed by atoms with E-state index < -0.39 is 10.2 Å². The molecule has 0 bridgehead atoms. The number of likely N-dealkylation sites (tertiary alicyclic amines) is 1. The Labute approximate surface area is 133 Å². The van der Waals surface area contributed by atoms with E-state index in [1.54, 1.807) is 4.31 Å². The van der Waals surface area contributed by atoms with Crippen LogP contribution in [-0.2, 0) is 10.2 Å². The first-order valence-corrected chi connectivity index (χ1v) is 9.60. The normalized spacial score (nSPS) is 23.8. The Kier molecular flexibility index (Phi) is 6.36. The summed E-state index contributed by atoms with van der Waals surface area (Å²) < 4.78 is 29.3. The topological polar surface area (TPSA) is 78.7 Å². The summed E-state index contributed by atoms with van der Waals surface area (Å²) in [7, 11) is -3.33. The molecule has 8 heteroatoms. The highest BCUT2D eigenvalue weighted by molar-refractivity contribution is 7.87. The molecule has 0 amide bonds. The minimum atomic E-state index is -3.33. The summed E-state index contributed by atoms with van der Waals surface area (Å²) in [5, 5.41) is 0. The van der Waals surface area contributed by atoms with Crippen LogP contribution < -0.4 is 10.5 Å². The molecule has 0 unspecified atom stereocenters. The zero-order chi connectivity index (χ0) is 15.3. The number of piperidine rings is 1. The Morgan fingerprint density at radius 1 is 1.10 bits per heavy atom. The van der Waals surface area contributed by atoms with Crippen molar-refractivity contribution in [3.05, 3.63) is 0 Å². The van der Waals surface area contributed by atoms with Crippen molar-refractivity contribution in [3.8, 4) is 0 Å². The molecule has 2 fully saturated rings. The summed E-state index contributed by atoms with van der Waals surface area (Å²) >= 11 is 4.91. The quantitative estimate of drug-likeness (QED) is 0.714. The van der Waals surface area contributed by atoms with Gasteiger partial charge < -0.3 is 5.73 Å². The Bertz CT molecular complexity index is 439. The van der Waals surface area contributed by atoms with Gasteiger partial charge in [-0.1, -0.05) is 25.1 Å². The molecular weight excluding hydrogens is 308 g/mol. The second kappa shape index (κ2) is 7.82. The van der Waals surface area contributed by atoms with E-state index in [2.05, 4.69) is 9.62 Å². The Balaban J connectivity index is 1.82. The molecule has 0 aromatic heterocycles. The number of hydrogen-bond acceptors (Lipinski definition) is 4. The molecule has 2 heterocycles. The highest BCUT2D eigenvalue weighted by atomic mass is 32.2. The molecule has 3 N–H and O–H groups in total. The fourth-order valence-electron chi connectivity index (χ4n) is 3.00. The molecule has 0 aliphatic carbocycles. The zero-order valence-corrected chi connectivity index (χ0v) is 14.1. The number of thiocarbonyl (C=S) groups is 1. The molecule has 0 spiro atoms. The van der Waals surface area contributed by atoms with Crippen molar-refractivity contribution in [3.63, 3.8) is 0 Å². The largest absolute Gasteiger partial charge is 0.392 e. The van der Waals surface area contributed by atoms with Gasteiger partial charge in [0.2, 0.25) is 0 Å². The first kappa shape index (κ1) is 17.1. The number of nitrogens with zero attached hydrogens (tertiary/aromatic N) is 2. The van der Waals surface area contributed by atoms with Gasteiger partial charge in [-0.05, 0) is 25.7 Å². The smallest absolute Gasteiger partial charge is 0.279 e. The lowest BCUT2D eigenvalue weighted by molar-refractivity contribution is 0.231. The maximum absolute atomic E-state index is 12.4. The molecule has 122 valence electrons. The average Bonchev–Trinajstić information content (AvgIpc) is 2.69. The van der Waals surface area contributed by atoms with Gasteiger partial charge in [-0.2, -0.15) is 17.4 Å². The van der Waals surface area contributed by atoms with E-state index in [1.807, 2.05) is 0 Å². The highest BCUT2D eigenvalue weighted by Gasteiger charge is 2.28. The van der Waals surface area contributed by atoms with Crippen LogP contribution in [0.4, 0.5) is 0 Å². The zero-order valence-electron chi connectivity index (χ0n) is 12.5. The van der Waals surface area contributed by atoms with Gasteiger partial charge in [0.25, 0.3) is 10.2 Å². The van der Waals surface area contributed by atoms with Crippen LogP contribution in [0.2, 0.25) is 0 Å². The molecule has 2 aliphatic heterocycles. The molecule has 0 aromatic carbocycles. The predicted octanol–water partition coefficient (Wildman–Crippen LogP) is 0.447. The van der Waals surface area contributed by atoms with Crippen LogP contribution >= 0.6 is 12.2 Å². The van der Waals surface area contributed by atoms with E-state index in [-0.39, 0.29) is 6.04 Å². The van der Waals surface area contributed by atoms with Gasteiger partial charge in [0.15, 0.2) is 0 Å². The Morgan fingerprint density at radius 3 is 2.19 bits per heavy atom. The monoisotopic (exact) mass is 334 g/mol. The lowest BCUT2D eigenvalue weighted by atomic mass is 10.1. The van der Waals surface area contributed by atoms with Crippen LogP contribution in [0.15, 0.2) is 0 Å². The maximum atomic E-state index is 12.4. The van der Waals surface area contributed by atoms with Gasteiger partial charge in [0, 0.05) is 38.8 Å². The molecule has 0 saturated carbocycles. The lowest BCUT2D eigenvalue weighted by Crippen LogP contribution is -2.50. The third kappa shape index (κ3) is 5.45. The van der Waals surface area contributed by atoms with Gasteiger partial charge in [-0.25, -0.2) is 0 Å². The van der Waals surface area contributed by atoms with Crippen molar-refractivity contribution < 1.29 is 8.42 Å². The minimum Gasteiger partial charge on any atom is -0.392 e. The molecule has 2 rings (SSSR count). The van der Waals surface area contributed by atoms with Crippen LogP contribution in [0.25, 0.3) is 0 Å². The fourth-order valence-corrected chi connectivity index (χ4v) is 4.72. The maximum Gasteiger partial charge on any atom is 0.279 e. The van der Waals surface area contributed by atoms with Gasteiger partial charge in [-0.3, -0.25) is 4.90 Å². The van der Waals surface area contributed by atoms with Crippen molar-refractivity contribution in [2.75, 3.05) is 32.7 Å². The summed E-state index contributed by atoms with van der Waals surface area (Å²) in [6.45, 7) is 3.60. The van der Waals surface area contributed by atoms with Crippen LogP contribution in [0, 0.1) is 0 Å². The van der Waals surface area contributed by atoms with Gasteiger partial charge >= 0.3 is 0 Å². The SMILES string of the molecule is NC(=S)CN1CCC(NS(=O)(=O)N2CCCCCC2)CC1. The number of nitrogens with one attached hydrogen (secondary N) is 1. The van der Waals surface area contributed by atoms with E-state index in [0.29, 0.717) is 24.6 Å². The minimum absolute atomic E-state index is 0.0286. The van der Waals surface area contributed by atoms with Crippen LogP contribution in [0.5, 0.6) is 0 Å². The molecule has 0 radical (unpaired) electrons. The van der Waals surface area contributed by atoms with E-state index >= 15 is 0 Å². The van der Waals surface area contributed by atoms with Crippen molar-refractivity contribution in [2.45, 2.75) is 44.6 Å². The number of hydrogen-bond donors (Lipinski definition) is 2. The molecule has 2 aliphatic rings. The van der Waals surface area contributed by atoms with E-state index in [0.717, 1.165) is 51.6 Å². The predicted molar refractivity (Wildman–Crippen MR) is 88.3 cm³/mol. The van der Waals surface area contributed by atoms with Crippen LogP contribution in [0.3, 0.4) is 0 Å². The number of rotatable bonds is 5. The summed E-state index contributed by atoms with van der Waals surface area (Å²) in [4.78, 5) is 2.68. The third-order valence-corrected chi connectivity index (χ3v) is 5.99. The second-order valence-corrected chi connectivity index (χ2v) is 8.18. The third-order valence-electron chi connectivity index (χ3n) is 4.19. The summed E-state index contributed by atoms with van der Waals surface area (Å²) in [5.74, 6) is 0. The number of nitrogens with two attached hydrogens (primary N) is 1. The molecule has 21 heavy (non-hydrogen) atoms. The summed E-state index contributed by atoms with van der Waals surface area (Å²) in [5.41, 5.74) is 5.54. The molecule has 6 nitrogen and oxygen atoms in total. The van der Waals surface area contributed by atoms with E-state index in [1.165, 1.54) is 0 Å². The summed E-state index contributed by atoms with van der Waals surface area (Å²) in [6, 6.07) is 0.0286. The van der Waals surface area contributed by atoms with Crippen LogP contribution in [-0.4, -0.2) is 61.4 Å². The standard InChI is InChI=1S/C13H26N4O2S2/c14-13(20)11-16-9-5-12(6-10-16)15-21(18,19)17-7-3-1-2-4-8-17/h12,15H,1-11H2,(H2,14,20). The van der Waals surface area contributed by atoms with Crippen molar-refractivity contribution >= 4 is 27.4 Å². The lowest BCUT2D eigenvalue weighted by Gasteiger charge is -2.33.